The third-order valence-electron chi connectivity index (χ3n) is 3.68. The van der Waals surface area contributed by atoms with Gasteiger partial charge in [-0.1, -0.05) is 12.1 Å². The maximum Gasteiger partial charge on any atom is 0.338 e. The number of amides is 2. The van der Waals surface area contributed by atoms with Crippen molar-refractivity contribution < 1.29 is 19.1 Å². The van der Waals surface area contributed by atoms with E-state index in [0.717, 1.165) is 12.8 Å². The van der Waals surface area contributed by atoms with Crippen molar-refractivity contribution >= 4 is 34.8 Å². The largest absolute Gasteiger partial charge is 0.449 e. The smallest absolute Gasteiger partial charge is 0.338 e. The van der Waals surface area contributed by atoms with Crippen LogP contribution in [0.15, 0.2) is 41.8 Å². The Hall–Kier alpha value is -2.67. The topological polar surface area (TPSA) is 84.5 Å². The molecule has 1 aliphatic carbocycles. The van der Waals surface area contributed by atoms with Gasteiger partial charge in [-0.3, -0.25) is 9.59 Å². The first-order valence-corrected chi connectivity index (χ1v) is 8.87. The minimum Gasteiger partial charge on any atom is -0.449 e. The number of benzene rings is 1. The van der Waals surface area contributed by atoms with Crippen LogP contribution in [0.5, 0.6) is 0 Å². The Morgan fingerprint density at radius 2 is 2.00 bits per heavy atom. The summed E-state index contributed by atoms with van der Waals surface area (Å²) in [6.45, 7) is 1.54. The molecule has 130 valence electrons. The molecule has 25 heavy (non-hydrogen) atoms. The third-order valence-corrected chi connectivity index (χ3v) is 4.55. The monoisotopic (exact) mass is 358 g/mol. The number of ether oxygens (including phenoxy) is 1. The molecule has 0 spiro atoms. The van der Waals surface area contributed by atoms with Crippen molar-refractivity contribution in [1.82, 2.24) is 5.32 Å². The number of hydrogen-bond donors (Lipinski definition) is 2. The first-order valence-electron chi connectivity index (χ1n) is 7.99. The van der Waals surface area contributed by atoms with Gasteiger partial charge in [-0.15, -0.1) is 11.3 Å². The van der Waals surface area contributed by atoms with Crippen LogP contribution in [0.2, 0.25) is 0 Å². The van der Waals surface area contributed by atoms with E-state index < -0.39 is 12.1 Å². The van der Waals surface area contributed by atoms with E-state index in [2.05, 4.69) is 10.6 Å². The second-order valence-electron chi connectivity index (χ2n) is 5.84. The molecule has 0 bridgehead atoms. The first kappa shape index (κ1) is 17.2. The molecule has 7 heteroatoms. The fraction of sp³-hybridized carbons (Fsp3) is 0.278. The van der Waals surface area contributed by atoms with Gasteiger partial charge in [0, 0.05) is 11.7 Å². The molecule has 2 N–H and O–H groups in total. The van der Waals surface area contributed by atoms with Crippen LogP contribution in [0.1, 0.15) is 39.8 Å². The van der Waals surface area contributed by atoms with Gasteiger partial charge in [0.2, 0.25) is 0 Å². The van der Waals surface area contributed by atoms with Crippen molar-refractivity contribution in [3.05, 3.63) is 52.2 Å². The number of hydrogen-bond acceptors (Lipinski definition) is 5. The molecule has 2 amide bonds. The Bertz CT molecular complexity index is 784. The van der Waals surface area contributed by atoms with Crippen LogP contribution < -0.4 is 10.6 Å². The minimum atomic E-state index is -0.863. The second-order valence-corrected chi connectivity index (χ2v) is 6.79. The van der Waals surface area contributed by atoms with Gasteiger partial charge in [0.25, 0.3) is 11.8 Å². The van der Waals surface area contributed by atoms with E-state index in [1.54, 1.807) is 30.3 Å². The fourth-order valence-corrected chi connectivity index (χ4v) is 2.77. The van der Waals surface area contributed by atoms with Crippen molar-refractivity contribution in [3.8, 4) is 0 Å². The molecule has 0 unspecified atom stereocenters. The van der Waals surface area contributed by atoms with Gasteiger partial charge < -0.3 is 15.4 Å². The van der Waals surface area contributed by atoms with Crippen LogP contribution in [0.3, 0.4) is 0 Å². The number of carbonyl (C=O) groups is 3. The highest BCUT2D eigenvalue weighted by molar-refractivity contribution is 7.12. The number of nitrogens with one attached hydrogen (secondary N) is 2. The van der Waals surface area contributed by atoms with Gasteiger partial charge >= 0.3 is 5.97 Å². The molecule has 3 rings (SSSR count). The maximum atomic E-state index is 12.2. The number of rotatable bonds is 6. The molecule has 1 aromatic carbocycles. The van der Waals surface area contributed by atoms with E-state index in [0.29, 0.717) is 10.6 Å². The van der Waals surface area contributed by atoms with Crippen LogP contribution in [0.4, 0.5) is 5.69 Å². The zero-order chi connectivity index (χ0) is 17.8. The maximum absolute atomic E-state index is 12.2. The normalized spacial score (nSPS) is 14.4. The van der Waals surface area contributed by atoms with Crippen LogP contribution in [-0.2, 0) is 9.53 Å². The second kappa shape index (κ2) is 7.48. The lowest BCUT2D eigenvalue weighted by atomic mass is 10.2. The predicted molar refractivity (Wildman–Crippen MR) is 94.8 cm³/mol. The van der Waals surface area contributed by atoms with Gasteiger partial charge in [0.1, 0.15) is 0 Å². The summed E-state index contributed by atoms with van der Waals surface area (Å²) >= 11 is 1.33. The van der Waals surface area contributed by atoms with Crippen molar-refractivity contribution in [2.45, 2.75) is 31.9 Å². The van der Waals surface area contributed by atoms with E-state index >= 15 is 0 Å². The molecule has 2 aromatic rings. The van der Waals surface area contributed by atoms with Gasteiger partial charge in [0.05, 0.1) is 10.4 Å². The van der Waals surface area contributed by atoms with E-state index in [1.807, 2.05) is 5.38 Å². The first-order chi connectivity index (χ1) is 12.0. The molecule has 6 nitrogen and oxygen atoms in total. The van der Waals surface area contributed by atoms with E-state index in [1.165, 1.54) is 24.3 Å². The highest BCUT2D eigenvalue weighted by Gasteiger charge is 2.27. The highest BCUT2D eigenvalue weighted by atomic mass is 32.1. The average Bonchev–Trinajstić information content (AvgIpc) is 3.23. The molecular formula is C18H18N2O4S. The Morgan fingerprint density at radius 3 is 2.68 bits per heavy atom. The average molecular weight is 358 g/mol. The summed E-state index contributed by atoms with van der Waals surface area (Å²) in [4.78, 5) is 36.7. The lowest BCUT2D eigenvalue weighted by Crippen LogP contribution is -2.37. The predicted octanol–water partition coefficient (Wildman–Crippen LogP) is 2.82. The Morgan fingerprint density at radius 1 is 1.20 bits per heavy atom. The van der Waals surface area contributed by atoms with E-state index in [9.17, 15) is 14.4 Å². The summed E-state index contributed by atoms with van der Waals surface area (Å²) in [6, 6.07) is 10.2. The molecular weight excluding hydrogens is 340 g/mol. The number of anilines is 1. The summed E-state index contributed by atoms with van der Waals surface area (Å²) in [5, 5.41) is 7.34. The molecule has 0 saturated heterocycles. The number of carbonyl (C=O) groups excluding carboxylic acids is 3. The molecule has 0 aliphatic heterocycles. The molecule has 1 saturated carbocycles. The Balaban J connectivity index is 1.60. The van der Waals surface area contributed by atoms with Crippen LogP contribution in [0.25, 0.3) is 0 Å². The minimum absolute atomic E-state index is 0.212. The number of esters is 1. The molecule has 1 heterocycles. The summed E-state index contributed by atoms with van der Waals surface area (Å²) in [6.07, 6.45) is 1.08. The van der Waals surface area contributed by atoms with Gasteiger partial charge in [-0.05, 0) is 49.4 Å². The van der Waals surface area contributed by atoms with E-state index in [4.69, 9.17) is 4.74 Å². The Labute approximate surface area is 149 Å². The lowest BCUT2D eigenvalue weighted by Gasteiger charge is -2.13. The molecule has 1 aromatic heterocycles. The molecule has 1 aliphatic rings. The third kappa shape index (κ3) is 4.67. The lowest BCUT2D eigenvalue weighted by molar-refractivity contribution is -0.129. The van der Waals surface area contributed by atoms with Crippen LogP contribution >= 0.6 is 11.3 Å². The van der Waals surface area contributed by atoms with Crippen LogP contribution in [0, 0.1) is 0 Å². The quantitative estimate of drug-likeness (QED) is 0.778. The van der Waals surface area contributed by atoms with Crippen molar-refractivity contribution in [2.24, 2.45) is 0 Å². The van der Waals surface area contributed by atoms with Gasteiger partial charge in [0.15, 0.2) is 6.10 Å². The summed E-state index contributed by atoms with van der Waals surface area (Å²) < 4.78 is 5.20. The van der Waals surface area contributed by atoms with Crippen LogP contribution in [-0.4, -0.2) is 29.9 Å². The molecule has 1 fully saturated rings. The number of thiophene rings is 1. The van der Waals surface area contributed by atoms with Crippen molar-refractivity contribution in [2.75, 3.05) is 5.32 Å². The standard InChI is InChI=1S/C18H18N2O4S/c1-11(16(21)19-13-7-8-13)24-18(23)12-4-2-5-14(10-12)20-17(22)15-6-3-9-25-15/h2-6,9-11,13H,7-8H2,1H3,(H,19,21)(H,20,22)/t11-/m1/s1. The zero-order valence-electron chi connectivity index (χ0n) is 13.7. The van der Waals surface area contributed by atoms with Gasteiger partial charge in [-0.25, -0.2) is 4.79 Å². The molecule has 0 radical (unpaired) electrons. The molecule has 1 atom stereocenters. The summed E-state index contributed by atoms with van der Waals surface area (Å²) in [7, 11) is 0. The highest BCUT2D eigenvalue weighted by Crippen LogP contribution is 2.19. The fourth-order valence-electron chi connectivity index (χ4n) is 2.15. The SMILES string of the molecule is C[C@@H](OC(=O)c1cccc(NC(=O)c2cccs2)c1)C(=O)NC1CC1. The summed E-state index contributed by atoms with van der Waals surface area (Å²) in [5.41, 5.74) is 0.762. The Kier molecular flexibility index (Phi) is 5.14. The van der Waals surface area contributed by atoms with Crippen molar-refractivity contribution in [3.63, 3.8) is 0 Å². The zero-order valence-corrected chi connectivity index (χ0v) is 14.5. The van der Waals surface area contributed by atoms with Gasteiger partial charge in [-0.2, -0.15) is 0 Å². The van der Waals surface area contributed by atoms with E-state index in [-0.39, 0.29) is 23.4 Å². The van der Waals surface area contributed by atoms with Crippen molar-refractivity contribution in [1.29, 1.82) is 0 Å². The summed E-state index contributed by atoms with van der Waals surface area (Å²) in [5.74, 6) is -1.14.